The molecule has 1 aromatic heterocycles. The molecule has 0 bridgehead atoms. The van der Waals surface area contributed by atoms with Gasteiger partial charge < -0.3 is 20.5 Å². The molecule has 1 heterocycles. The zero-order chi connectivity index (χ0) is 27.3. The maximum Gasteiger partial charge on any atom is 0.236 e. The highest BCUT2D eigenvalue weighted by molar-refractivity contribution is 5.81. The number of nitrogens with two attached hydrogens (primary N) is 1. The standard InChI is InChI=1S/C29H36F2N4O2/c1-19(36)35(14-13-25(32)28(37)33-5)27(29(2,3)4)26-15-21(23-16-22(30)11-12-24(23)31)18-34(26)17-20-9-7-6-8-10-20/h6-12,15-16,18,25,27H,13-14,17,32H2,1-5H3,(H,33,37). The second-order valence-corrected chi connectivity index (χ2v) is 10.4. The Bertz CT molecular complexity index is 1230. The van der Waals surface area contributed by atoms with E-state index in [1.54, 1.807) is 11.1 Å². The molecule has 0 fully saturated rings. The molecule has 0 saturated carbocycles. The molecule has 0 aliphatic heterocycles. The van der Waals surface area contributed by atoms with E-state index in [9.17, 15) is 18.4 Å². The summed E-state index contributed by atoms with van der Waals surface area (Å²) in [6.07, 6.45) is 2.07. The summed E-state index contributed by atoms with van der Waals surface area (Å²) >= 11 is 0. The topological polar surface area (TPSA) is 80.4 Å². The van der Waals surface area contributed by atoms with Crippen molar-refractivity contribution < 1.29 is 18.4 Å². The third-order valence-electron chi connectivity index (χ3n) is 6.45. The van der Waals surface area contributed by atoms with E-state index < -0.39 is 29.1 Å². The van der Waals surface area contributed by atoms with Crippen LogP contribution in [0.3, 0.4) is 0 Å². The van der Waals surface area contributed by atoms with Crippen molar-refractivity contribution >= 4 is 11.8 Å². The third kappa shape index (κ3) is 6.83. The quantitative estimate of drug-likeness (QED) is 0.431. The lowest BCUT2D eigenvalue weighted by atomic mass is 9.82. The molecular weight excluding hydrogens is 474 g/mol. The normalized spacial score (nSPS) is 13.2. The van der Waals surface area contributed by atoms with Gasteiger partial charge in [0.2, 0.25) is 11.8 Å². The molecule has 3 N–H and O–H groups in total. The lowest BCUT2D eigenvalue weighted by Gasteiger charge is -2.41. The second kappa shape index (κ2) is 11.7. The van der Waals surface area contributed by atoms with Crippen LogP contribution in [0, 0.1) is 17.0 Å². The molecule has 0 radical (unpaired) electrons. The van der Waals surface area contributed by atoms with Crippen LogP contribution in [-0.4, -0.2) is 40.9 Å². The van der Waals surface area contributed by atoms with E-state index in [1.807, 2.05) is 61.7 Å². The van der Waals surface area contributed by atoms with E-state index >= 15 is 0 Å². The van der Waals surface area contributed by atoms with Gasteiger partial charge in [-0.1, -0.05) is 51.1 Å². The number of carbonyl (C=O) groups excluding carboxylic acids is 2. The third-order valence-corrected chi connectivity index (χ3v) is 6.45. The Kier molecular flexibility index (Phi) is 8.86. The molecule has 0 spiro atoms. The minimum atomic E-state index is -0.763. The summed E-state index contributed by atoms with van der Waals surface area (Å²) in [5.74, 6) is -1.53. The van der Waals surface area contributed by atoms with Crippen molar-refractivity contribution in [3.63, 3.8) is 0 Å². The van der Waals surface area contributed by atoms with Gasteiger partial charge in [-0.15, -0.1) is 0 Å². The predicted molar refractivity (Wildman–Crippen MR) is 142 cm³/mol. The fraction of sp³-hybridized carbons (Fsp3) is 0.379. The van der Waals surface area contributed by atoms with Gasteiger partial charge in [0, 0.05) is 50.1 Å². The number of likely N-dealkylation sites (N-methyl/N-ethyl adjacent to an activating group) is 1. The molecule has 3 rings (SSSR count). The minimum absolute atomic E-state index is 0.150. The highest BCUT2D eigenvalue weighted by Gasteiger charge is 2.36. The first kappa shape index (κ1) is 28.1. The second-order valence-electron chi connectivity index (χ2n) is 10.4. The molecule has 0 saturated heterocycles. The van der Waals surface area contributed by atoms with Crippen molar-refractivity contribution in [1.82, 2.24) is 14.8 Å². The number of hydrogen-bond donors (Lipinski definition) is 2. The van der Waals surface area contributed by atoms with Gasteiger partial charge in [0.05, 0.1) is 12.1 Å². The number of nitrogens with zero attached hydrogens (tertiary/aromatic N) is 2. The number of hydrogen-bond acceptors (Lipinski definition) is 3. The Morgan fingerprint density at radius 1 is 1.08 bits per heavy atom. The molecule has 0 aliphatic rings. The van der Waals surface area contributed by atoms with Crippen LogP contribution >= 0.6 is 0 Å². The van der Waals surface area contributed by atoms with Crippen molar-refractivity contribution in [3.05, 3.63) is 83.7 Å². The summed E-state index contributed by atoms with van der Waals surface area (Å²) in [7, 11) is 1.52. The lowest BCUT2D eigenvalue weighted by Crippen LogP contribution is -2.45. The van der Waals surface area contributed by atoms with Gasteiger partial charge in [-0.2, -0.15) is 0 Å². The molecule has 2 aromatic carbocycles. The van der Waals surface area contributed by atoms with Gasteiger partial charge in [0.15, 0.2) is 0 Å². The average molecular weight is 511 g/mol. The van der Waals surface area contributed by atoms with Crippen LogP contribution in [0.4, 0.5) is 8.78 Å². The van der Waals surface area contributed by atoms with Crippen LogP contribution in [0.25, 0.3) is 11.1 Å². The fourth-order valence-corrected chi connectivity index (χ4v) is 4.67. The van der Waals surface area contributed by atoms with Crippen LogP contribution < -0.4 is 11.1 Å². The Hall–Kier alpha value is -3.52. The molecule has 37 heavy (non-hydrogen) atoms. The first-order chi connectivity index (χ1) is 17.4. The molecular formula is C29H36F2N4O2. The molecule has 8 heteroatoms. The van der Waals surface area contributed by atoms with E-state index in [-0.39, 0.29) is 30.3 Å². The van der Waals surface area contributed by atoms with Gasteiger partial charge in [-0.05, 0) is 41.7 Å². The molecule has 6 nitrogen and oxygen atoms in total. The maximum absolute atomic E-state index is 14.8. The number of amides is 2. The van der Waals surface area contributed by atoms with Crippen LogP contribution in [-0.2, 0) is 16.1 Å². The molecule has 2 unspecified atom stereocenters. The number of benzene rings is 2. The van der Waals surface area contributed by atoms with Crippen molar-refractivity contribution in [2.45, 2.75) is 52.7 Å². The zero-order valence-electron chi connectivity index (χ0n) is 22.1. The zero-order valence-corrected chi connectivity index (χ0v) is 22.1. The summed E-state index contributed by atoms with van der Waals surface area (Å²) < 4.78 is 30.8. The number of rotatable bonds is 9. The van der Waals surface area contributed by atoms with Crippen LogP contribution in [0.1, 0.15) is 51.4 Å². The van der Waals surface area contributed by atoms with E-state index in [4.69, 9.17) is 5.73 Å². The van der Waals surface area contributed by atoms with Gasteiger partial charge in [0.25, 0.3) is 0 Å². The highest BCUT2D eigenvalue weighted by atomic mass is 19.1. The van der Waals surface area contributed by atoms with Crippen LogP contribution in [0.5, 0.6) is 0 Å². The lowest BCUT2D eigenvalue weighted by molar-refractivity contribution is -0.134. The van der Waals surface area contributed by atoms with Gasteiger partial charge in [0.1, 0.15) is 11.6 Å². The summed E-state index contributed by atoms with van der Waals surface area (Å²) in [6.45, 7) is 8.29. The van der Waals surface area contributed by atoms with Crippen molar-refractivity contribution in [1.29, 1.82) is 0 Å². The molecule has 198 valence electrons. The van der Waals surface area contributed by atoms with E-state index in [0.717, 1.165) is 23.4 Å². The number of halogens is 2. The Balaban J connectivity index is 2.14. The van der Waals surface area contributed by atoms with E-state index in [2.05, 4.69) is 5.32 Å². The maximum atomic E-state index is 14.8. The fourth-order valence-electron chi connectivity index (χ4n) is 4.67. The summed E-state index contributed by atoms with van der Waals surface area (Å²) in [5.41, 5.74) is 8.06. The SMILES string of the molecule is CNC(=O)C(N)CCN(C(C)=O)C(c1cc(-c2cc(F)ccc2F)cn1Cc1ccccc1)C(C)(C)C. The van der Waals surface area contributed by atoms with Crippen LogP contribution in [0.2, 0.25) is 0 Å². The van der Waals surface area contributed by atoms with Gasteiger partial charge >= 0.3 is 0 Å². The average Bonchev–Trinajstić information content (AvgIpc) is 3.24. The largest absolute Gasteiger partial charge is 0.358 e. The monoisotopic (exact) mass is 510 g/mol. The first-order valence-corrected chi connectivity index (χ1v) is 12.4. The molecule has 2 atom stereocenters. The smallest absolute Gasteiger partial charge is 0.236 e. The molecule has 3 aromatic rings. The van der Waals surface area contributed by atoms with E-state index in [1.165, 1.54) is 20.0 Å². The molecule has 0 aliphatic carbocycles. The summed E-state index contributed by atoms with van der Waals surface area (Å²) in [5, 5.41) is 2.54. The Morgan fingerprint density at radius 2 is 1.76 bits per heavy atom. The Morgan fingerprint density at radius 3 is 2.35 bits per heavy atom. The number of aromatic nitrogens is 1. The van der Waals surface area contributed by atoms with Crippen LogP contribution in [0.15, 0.2) is 60.8 Å². The summed E-state index contributed by atoms with van der Waals surface area (Å²) in [6, 6.07) is 13.8. The number of carbonyl (C=O) groups is 2. The summed E-state index contributed by atoms with van der Waals surface area (Å²) in [4.78, 5) is 26.7. The highest BCUT2D eigenvalue weighted by Crippen LogP contribution is 2.41. The van der Waals surface area contributed by atoms with Crippen molar-refractivity contribution in [2.24, 2.45) is 11.1 Å². The van der Waals surface area contributed by atoms with Gasteiger partial charge in [-0.25, -0.2) is 8.78 Å². The van der Waals surface area contributed by atoms with Gasteiger partial charge in [-0.3, -0.25) is 9.59 Å². The Labute approximate surface area is 217 Å². The van der Waals surface area contributed by atoms with Crippen molar-refractivity contribution in [2.75, 3.05) is 13.6 Å². The number of nitrogens with one attached hydrogen (secondary N) is 1. The minimum Gasteiger partial charge on any atom is -0.358 e. The van der Waals surface area contributed by atoms with E-state index in [0.29, 0.717) is 12.1 Å². The molecule has 2 amide bonds. The predicted octanol–water partition coefficient (Wildman–Crippen LogP) is 4.88. The first-order valence-electron chi connectivity index (χ1n) is 12.4. The van der Waals surface area contributed by atoms with Crippen molar-refractivity contribution in [3.8, 4) is 11.1 Å².